The van der Waals surface area contributed by atoms with E-state index in [0.717, 1.165) is 6.21 Å². The Labute approximate surface area is 148 Å². The quantitative estimate of drug-likeness (QED) is 0.361. The summed E-state index contributed by atoms with van der Waals surface area (Å²) in [5.74, 6) is -1.11. The van der Waals surface area contributed by atoms with E-state index in [2.05, 4.69) is 21.1 Å². The number of hydrazone groups is 2. The zero-order valence-corrected chi connectivity index (χ0v) is 13.5. The van der Waals surface area contributed by atoms with E-state index in [1.807, 2.05) is 0 Å². The summed E-state index contributed by atoms with van der Waals surface area (Å²) in [5.41, 5.74) is 4.73. The molecule has 0 heterocycles. The molecule has 2 aromatic rings. The van der Waals surface area contributed by atoms with E-state index in [1.165, 1.54) is 36.4 Å². The number of nitrogens with one attached hydrogen (secondary N) is 2. The van der Waals surface area contributed by atoms with Gasteiger partial charge in [0, 0.05) is 0 Å². The number of halogens is 2. The van der Waals surface area contributed by atoms with Crippen LogP contribution in [0.25, 0.3) is 0 Å². The van der Waals surface area contributed by atoms with Crippen LogP contribution in [0.15, 0.2) is 58.7 Å². The average Bonchev–Trinajstić information content (AvgIpc) is 2.65. The summed E-state index contributed by atoms with van der Waals surface area (Å²) < 4.78 is 27.1. The number of benzene rings is 2. The minimum Gasteiger partial charge on any atom is -0.394 e. The van der Waals surface area contributed by atoms with Crippen LogP contribution in [-0.2, 0) is 0 Å². The number of anilines is 2. The molecular formula is C17H18F2N4O3. The Morgan fingerprint density at radius 2 is 1.50 bits per heavy atom. The second kappa shape index (κ2) is 9.56. The minimum absolute atomic E-state index is 0.0335. The Hall–Kier alpha value is -2.88. The summed E-state index contributed by atoms with van der Waals surface area (Å²) in [6, 6.07) is 11.5. The van der Waals surface area contributed by atoms with Gasteiger partial charge in [-0.15, -0.1) is 0 Å². The van der Waals surface area contributed by atoms with Gasteiger partial charge in [0.2, 0.25) is 0 Å². The maximum absolute atomic E-state index is 13.6. The predicted molar refractivity (Wildman–Crippen MR) is 95.1 cm³/mol. The lowest BCUT2D eigenvalue weighted by Crippen LogP contribution is -2.37. The van der Waals surface area contributed by atoms with Crippen LogP contribution in [0, 0.1) is 11.6 Å². The highest BCUT2D eigenvalue weighted by atomic mass is 19.1. The van der Waals surface area contributed by atoms with Crippen LogP contribution in [0.4, 0.5) is 20.2 Å². The predicted octanol–water partition coefficient (Wildman–Crippen LogP) is 1.54. The van der Waals surface area contributed by atoms with Crippen molar-refractivity contribution in [3.63, 3.8) is 0 Å². The molecule has 0 radical (unpaired) electrons. The molecule has 2 rings (SSSR count). The van der Waals surface area contributed by atoms with E-state index >= 15 is 0 Å². The molecule has 26 heavy (non-hydrogen) atoms. The Kier molecular flexibility index (Phi) is 7.15. The van der Waals surface area contributed by atoms with E-state index in [9.17, 15) is 19.0 Å². The first-order valence-electron chi connectivity index (χ1n) is 7.61. The van der Waals surface area contributed by atoms with Gasteiger partial charge in [0.1, 0.15) is 29.6 Å². The largest absolute Gasteiger partial charge is 0.394 e. The zero-order valence-electron chi connectivity index (χ0n) is 13.5. The standard InChI is InChI=1S/C17H18F2N4O3/c18-11-5-1-3-7-13(11)21-20-9-15(17(26)16(25)10-24)23-22-14-8-4-2-6-12(14)19/h1-9,16-17,21-22,24-26H,10H2/b20-9-,23-15-/t16-,17+/m1/s1. The van der Waals surface area contributed by atoms with Gasteiger partial charge in [-0.25, -0.2) is 8.78 Å². The second-order valence-corrected chi connectivity index (χ2v) is 5.17. The lowest BCUT2D eigenvalue weighted by Gasteiger charge is -2.15. The van der Waals surface area contributed by atoms with Crippen LogP contribution in [0.2, 0.25) is 0 Å². The first-order chi connectivity index (χ1) is 12.5. The van der Waals surface area contributed by atoms with Crippen molar-refractivity contribution in [3.8, 4) is 0 Å². The normalized spacial score (nSPS) is 14.3. The van der Waals surface area contributed by atoms with Gasteiger partial charge in [0.15, 0.2) is 0 Å². The van der Waals surface area contributed by atoms with Gasteiger partial charge in [0.05, 0.1) is 24.2 Å². The van der Waals surface area contributed by atoms with Crippen molar-refractivity contribution in [2.75, 3.05) is 17.5 Å². The highest BCUT2D eigenvalue weighted by Gasteiger charge is 2.21. The number of aliphatic hydroxyl groups excluding tert-OH is 3. The van der Waals surface area contributed by atoms with Crippen molar-refractivity contribution in [2.24, 2.45) is 10.2 Å². The SMILES string of the molecule is OC[C@@H](O)[C@@H](O)C(/C=N\Nc1ccccc1F)=N\Nc1ccccc1F. The van der Waals surface area contributed by atoms with Crippen molar-refractivity contribution in [2.45, 2.75) is 12.2 Å². The molecule has 2 aromatic carbocycles. The summed E-state index contributed by atoms with van der Waals surface area (Å²) in [4.78, 5) is 0. The summed E-state index contributed by atoms with van der Waals surface area (Å²) >= 11 is 0. The zero-order chi connectivity index (χ0) is 18.9. The Morgan fingerprint density at radius 3 is 2.04 bits per heavy atom. The molecule has 0 aliphatic rings. The van der Waals surface area contributed by atoms with E-state index in [-0.39, 0.29) is 17.1 Å². The number of rotatable bonds is 8. The second-order valence-electron chi connectivity index (χ2n) is 5.17. The lowest BCUT2D eigenvalue weighted by atomic mass is 10.1. The van der Waals surface area contributed by atoms with Gasteiger partial charge in [-0.05, 0) is 24.3 Å². The highest BCUT2D eigenvalue weighted by Crippen LogP contribution is 2.13. The van der Waals surface area contributed by atoms with Crippen LogP contribution in [0.1, 0.15) is 0 Å². The third-order valence-electron chi connectivity index (χ3n) is 3.29. The maximum atomic E-state index is 13.6. The van der Waals surface area contributed by atoms with Gasteiger partial charge < -0.3 is 15.3 Å². The molecule has 0 aromatic heterocycles. The molecule has 9 heteroatoms. The number of hydrogen-bond acceptors (Lipinski definition) is 7. The molecule has 0 bridgehead atoms. The molecule has 0 amide bonds. The molecule has 0 saturated heterocycles. The van der Waals surface area contributed by atoms with Crippen LogP contribution in [0.5, 0.6) is 0 Å². The van der Waals surface area contributed by atoms with Gasteiger partial charge in [-0.1, -0.05) is 24.3 Å². The van der Waals surface area contributed by atoms with Crippen molar-refractivity contribution < 1.29 is 24.1 Å². The monoisotopic (exact) mass is 364 g/mol. The summed E-state index contributed by atoms with van der Waals surface area (Å²) in [6.07, 6.45) is -2.12. The van der Waals surface area contributed by atoms with Gasteiger partial charge in [0.25, 0.3) is 0 Å². The van der Waals surface area contributed by atoms with Crippen molar-refractivity contribution >= 4 is 23.3 Å². The van der Waals surface area contributed by atoms with Crippen LogP contribution >= 0.6 is 0 Å². The minimum atomic E-state index is -1.61. The molecule has 0 saturated carbocycles. The van der Waals surface area contributed by atoms with Crippen LogP contribution in [0.3, 0.4) is 0 Å². The molecule has 0 aliphatic heterocycles. The Bertz CT molecular complexity index is 786. The molecule has 5 N–H and O–H groups in total. The summed E-state index contributed by atoms with van der Waals surface area (Å²) in [6.45, 7) is -0.728. The van der Waals surface area contributed by atoms with E-state index < -0.39 is 30.4 Å². The summed E-state index contributed by atoms with van der Waals surface area (Å²) in [5, 5.41) is 36.1. The third kappa shape index (κ3) is 5.31. The number of hydrogen-bond donors (Lipinski definition) is 5. The first kappa shape index (κ1) is 19.4. The number of para-hydroxylation sites is 2. The van der Waals surface area contributed by atoms with Crippen LogP contribution in [-0.4, -0.2) is 46.1 Å². The topological polar surface area (TPSA) is 109 Å². The average molecular weight is 364 g/mol. The van der Waals surface area contributed by atoms with Crippen molar-refractivity contribution in [1.29, 1.82) is 0 Å². The lowest BCUT2D eigenvalue weighted by molar-refractivity contribution is 0.0193. The number of nitrogens with zero attached hydrogens (tertiary/aromatic N) is 2. The molecule has 0 unspecified atom stereocenters. The number of aliphatic hydroxyl groups is 3. The molecule has 2 atom stereocenters. The molecule has 0 spiro atoms. The Morgan fingerprint density at radius 1 is 0.962 bits per heavy atom. The van der Waals surface area contributed by atoms with E-state index in [0.29, 0.717) is 0 Å². The van der Waals surface area contributed by atoms with Crippen molar-refractivity contribution in [3.05, 3.63) is 60.2 Å². The van der Waals surface area contributed by atoms with Crippen molar-refractivity contribution in [1.82, 2.24) is 0 Å². The molecule has 7 nitrogen and oxygen atoms in total. The fourth-order valence-electron chi connectivity index (χ4n) is 1.86. The van der Waals surface area contributed by atoms with Gasteiger partial charge in [-0.2, -0.15) is 10.2 Å². The molecule has 0 fully saturated rings. The van der Waals surface area contributed by atoms with Crippen LogP contribution < -0.4 is 10.9 Å². The van der Waals surface area contributed by atoms with Gasteiger partial charge >= 0.3 is 0 Å². The molecule has 138 valence electrons. The first-order valence-corrected chi connectivity index (χ1v) is 7.61. The fourth-order valence-corrected chi connectivity index (χ4v) is 1.86. The van der Waals surface area contributed by atoms with E-state index in [1.54, 1.807) is 12.1 Å². The highest BCUT2D eigenvalue weighted by molar-refractivity contribution is 6.33. The maximum Gasteiger partial charge on any atom is 0.148 e. The summed E-state index contributed by atoms with van der Waals surface area (Å²) in [7, 11) is 0. The smallest absolute Gasteiger partial charge is 0.148 e. The fraction of sp³-hybridized carbons (Fsp3) is 0.176. The Balaban J connectivity index is 2.18. The molecule has 0 aliphatic carbocycles. The van der Waals surface area contributed by atoms with Gasteiger partial charge in [-0.3, -0.25) is 10.9 Å². The van der Waals surface area contributed by atoms with E-state index in [4.69, 9.17) is 5.11 Å². The third-order valence-corrected chi connectivity index (χ3v) is 3.29. The molecular weight excluding hydrogens is 346 g/mol.